The van der Waals surface area contributed by atoms with E-state index in [9.17, 15) is 5.11 Å². The van der Waals surface area contributed by atoms with E-state index in [1.54, 1.807) is 7.11 Å². The molecule has 2 aliphatic rings. The predicted molar refractivity (Wildman–Crippen MR) is 165 cm³/mol. The van der Waals surface area contributed by atoms with Crippen molar-refractivity contribution in [3.8, 4) is 5.75 Å². The molecule has 4 rings (SSSR count). The number of aliphatic hydroxyl groups excluding tert-OH is 1. The molecule has 6 heteroatoms. The number of hydrogen-bond donors (Lipinski definition) is 2. The number of ether oxygens (including phenoxy) is 1. The summed E-state index contributed by atoms with van der Waals surface area (Å²) < 4.78 is 6.62. The van der Waals surface area contributed by atoms with Gasteiger partial charge in [-0.1, -0.05) is 38.1 Å². The van der Waals surface area contributed by atoms with E-state index in [1.807, 2.05) is 0 Å². The number of piperidine rings is 1. The SMILES string of the molecule is COc1ccc2c(c1)C(C)(C)C(/C=C/c1ccc(N3CCC(O)CC3)cc1)N2CCCC[N+](C)(C)CCS. The first-order valence-electron chi connectivity index (χ1n) is 14.2. The molecule has 5 nitrogen and oxygen atoms in total. The molecule has 1 saturated heterocycles. The highest BCUT2D eigenvalue weighted by molar-refractivity contribution is 7.80. The van der Waals surface area contributed by atoms with Crippen molar-refractivity contribution < 1.29 is 14.3 Å². The lowest BCUT2D eigenvalue weighted by atomic mass is 9.80. The van der Waals surface area contributed by atoms with Crippen LogP contribution in [-0.2, 0) is 5.41 Å². The van der Waals surface area contributed by atoms with Crippen LogP contribution in [0.25, 0.3) is 6.08 Å². The van der Waals surface area contributed by atoms with Gasteiger partial charge in [0.1, 0.15) is 5.75 Å². The lowest BCUT2D eigenvalue weighted by Gasteiger charge is -2.33. The Kier molecular flexibility index (Phi) is 9.38. The average Bonchev–Trinajstić information content (AvgIpc) is 3.11. The number of rotatable bonds is 11. The van der Waals surface area contributed by atoms with Crippen LogP contribution < -0.4 is 14.5 Å². The van der Waals surface area contributed by atoms with Crippen LogP contribution in [0, 0.1) is 0 Å². The molecule has 38 heavy (non-hydrogen) atoms. The summed E-state index contributed by atoms with van der Waals surface area (Å²) in [7, 11) is 6.36. The molecule has 1 atom stereocenters. The Morgan fingerprint density at radius 1 is 1.05 bits per heavy atom. The van der Waals surface area contributed by atoms with Gasteiger partial charge in [0.05, 0.1) is 46.4 Å². The fourth-order valence-electron chi connectivity index (χ4n) is 6.04. The third-order valence-electron chi connectivity index (χ3n) is 8.59. The van der Waals surface area contributed by atoms with Gasteiger partial charge >= 0.3 is 0 Å². The van der Waals surface area contributed by atoms with Crippen molar-refractivity contribution in [1.82, 2.24) is 0 Å². The van der Waals surface area contributed by atoms with Crippen LogP contribution in [0.1, 0.15) is 50.7 Å². The fraction of sp³-hybridized carbons (Fsp3) is 0.562. The minimum atomic E-state index is -0.145. The highest BCUT2D eigenvalue weighted by atomic mass is 32.1. The smallest absolute Gasteiger partial charge is 0.119 e. The van der Waals surface area contributed by atoms with Crippen LogP contribution in [0.15, 0.2) is 48.5 Å². The number of nitrogens with zero attached hydrogens (tertiary/aromatic N) is 3. The molecule has 0 aliphatic carbocycles. The van der Waals surface area contributed by atoms with E-state index < -0.39 is 0 Å². The van der Waals surface area contributed by atoms with Crippen molar-refractivity contribution in [2.75, 3.05) is 69.5 Å². The second-order valence-corrected chi connectivity index (χ2v) is 12.7. The quantitative estimate of drug-likeness (QED) is 0.221. The first-order valence-corrected chi connectivity index (χ1v) is 14.9. The predicted octanol–water partition coefficient (Wildman–Crippen LogP) is 5.62. The van der Waals surface area contributed by atoms with E-state index in [1.165, 1.54) is 41.9 Å². The molecule has 2 aromatic carbocycles. The largest absolute Gasteiger partial charge is 0.497 e. The summed E-state index contributed by atoms with van der Waals surface area (Å²) >= 11 is 4.44. The van der Waals surface area contributed by atoms with Crippen LogP contribution in [0.3, 0.4) is 0 Å². The Labute approximate surface area is 236 Å². The summed E-state index contributed by atoms with van der Waals surface area (Å²) in [5, 5.41) is 9.82. The van der Waals surface area contributed by atoms with Crippen molar-refractivity contribution >= 4 is 30.1 Å². The van der Waals surface area contributed by atoms with Crippen molar-refractivity contribution in [3.63, 3.8) is 0 Å². The number of fused-ring (bicyclic) bond motifs is 1. The van der Waals surface area contributed by atoms with Gasteiger partial charge in [0.25, 0.3) is 0 Å². The van der Waals surface area contributed by atoms with Gasteiger partial charge in [-0.05, 0) is 67.1 Å². The second kappa shape index (κ2) is 12.4. The minimum absolute atomic E-state index is 0.0314. The Bertz CT molecular complexity index is 1070. The van der Waals surface area contributed by atoms with Crippen LogP contribution >= 0.6 is 12.6 Å². The highest BCUT2D eigenvalue weighted by Gasteiger charge is 2.43. The Balaban J connectivity index is 1.50. The maximum atomic E-state index is 9.82. The van der Waals surface area contributed by atoms with E-state index in [0.717, 1.165) is 55.0 Å². The number of thiol groups is 1. The van der Waals surface area contributed by atoms with Gasteiger partial charge < -0.3 is 24.1 Å². The van der Waals surface area contributed by atoms with Crippen LogP contribution in [-0.4, -0.2) is 81.4 Å². The summed E-state index contributed by atoms with van der Waals surface area (Å²) in [6.45, 7) is 9.89. The lowest BCUT2D eigenvalue weighted by molar-refractivity contribution is -0.888. The molecule has 208 valence electrons. The number of unbranched alkanes of at least 4 members (excludes halogenated alkanes) is 1. The maximum Gasteiger partial charge on any atom is 0.119 e. The summed E-state index contributed by atoms with van der Waals surface area (Å²) in [5.74, 6) is 1.85. The first-order chi connectivity index (χ1) is 18.1. The van der Waals surface area contributed by atoms with Crippen molar-refractivity contribution in [1.29, 1.82) is 0 Å². The van der Waals surface area contributed by atoms with Crippen LogP contribution in [0.4, 0.5) is 11.4 Å². The zero-order chi connectivity index (χ0) is 27.3. The molecule has 2 heterocycles. The lowest BCUT2D eigenvalue weighted by Crippen LogP contribution is -2.43. The minimum Gasteiger partial charge on any atom is -0.497 e. The Morgan fingerprint density at radius 3 is 2.42 bits per heavy atom. The Hall–Kier alpha value is -2.15. The first kappa shape index (κ1) is 28.8. The molecule has 1 fully saturated rings. The topological polar surface area (TPSA) is 35.9 Å². The summed E-state index contributed by atoms with van der Waals surface area (Å²) in [6, 6.07) is 15.7. The number of aliphatic hydroxyl groups is 1. The monoisotopic (exact) mass is 538 g/mol. The zero-order valence-electron chi connectivity index (χ0n) is 24.1. The molecule has 2 aliphatic heterocycles. The Morgan fingerprint density at radius 2 is 1.76 bits per heavy atom. The average molecular weight is 539 g/mol. The molecule has 0 aromatic heterocycles. The molecule has 1 N–H and O–H groups in total. The van der Waals surface area contributed by atoms with Gasteiger partial charge in [-0.2, -0.15) is 12.6 Å². The number of methoxy groups -OCH3 is 1. The molecule has 0 bridgehead atoms. The highest BCUT2D eigenvalue weighted by Crippen LogP contribution is 2.47. The molecular weight excluding hydrogens is 490 g/mol. The molecule has 0 saturated carbocycles. The molecule has 2 aromatic rings. The molecule has 1 unspecified atom stereocenters. The third kappa shape index (κ3) is 6.70. The van der Waals surface area contributed by atoms with Crippen LogP contribution in [0.5, 0.6) is 5.75 Å². The number of hydrogen-bond acceptors (Lipinski definition) is 5. The maximum absolute atomic E-state index is 9.82. The van der Waals surface area contributed by atoms with E-state index in [2.05, 4.69) is 105 Å². The van der Waals surface area contributed by atoms with E-state index in [-0.39, 0.29) is 17.6 Å². The van der Waals surface area contributed by atoms with Gasteiger partial charge in [0.15, 0.2) is 0 Å². The third-order valence-corrected chi connectivity index (χ3v) is 8.79. The molecule has 0 amide bonds. The van der Waals surface area contributed by atoms with Gasteiger partial charge in [-0.3, -0.25) is 0 Å². The molecule has 0 spiro atoms. The zero-order valence-corrected chi connectivity index (χ0v) is 25.0. The van der Waals surface area contributed by atoms with E-state index in [4.69, 9.17) is 4.74 Å². The number of anilines is 2. The van der Waals surface area contributed by atoms with Crippen molar-refractivity contribution in [2.24, 2.45) is 0 Å². The van der Waals surface area contributed by atoms with Crippen molar-refractivity contribution in [2.45, 2.75) is 57.1 Å². The van der Waals surface area contributed by atoms with Gasteiger partial charge in [-0.25, -0.2) is 0 Å². The molecular formula is C32H48N3O2S+. The molecule has 0 radical (unpaired) electrons. The summed E-state index contributed by atoms with van der Waals surface area (Å²) in [6.07, 6.45) is 8.62. The van der Waals surface area contributed by atoms with Gasteiger partial charge in [-0.15, -0.1) is 0 Å². The second-order valence-electron chi connectivity index (χ2n) is 12.2. The van der Waals surface area contributed by atoms with Crippen LogP contribution in [0.2, 0.25) is 0 Å². The fourth-order valence-corrected chi connectivity index (χ4v) is 6.58. The van der Waals surface area contributed by atoms with E-state index >= 15 is 0 Å². The number of benzene rings is 2. The summed E-state index contributed by atoms with van der Waals surface area (Å²) in [5.41, 5.74) is 5.13. The van der Waals surface area contributed by atoms with Gasteiger partial charge in [0, 0.05) is 42.2 Å². The van der Waals surface area contributed by atoms with Crippen molar-refractivity contribution in [3.05, 3.63) is 59.7 Å². The summed E-state index contributed by atoms with van der Waals surface area (Å²) in [4.78, 5) is 4.99. The van der Waals surface area contributed by atoms with E-state index in [0.29, 0.717) is 0 Å². The van der Waals surface area contributed by atoms with Gasteiger partial charge in [0.2, 0.25) is 0 Å². The standard InChI is InChI=1S/C32H47N3O2S/c1-32(2)29-24-28(37-5)13-14-30(29)34(18-6-7-21-35(3,4)22-23-38)31(32)15-10-25-8-11-26(12-9-25)33-19-16-27(36)17-20-33/h8-15,24,27,31,36H,6-7,16-23H2,1-5H3/p+1/b15-10+. The normalized spacial score (nSPS) is 19.8. The number of quaternary nitrogens is 1.